The Hall–Kier alpha value is -1.82. The molecular formula is C11H15N3O3. The first kappa shape index (κ1) is 11.7. The number of aliphatic hydroxyl groups excluding tert-OH is 1. The third kappa shape index (κ3) is 2.47. The van der Waals surface area contributed by atoms with E-state index in [9.17, 15) is 10.1 Å². The molecule has 1 aliphatic heterocycles. The van der Waals surface area contributed by atoms with Gasteiger partial charge >= 0.3 is 0 Å². The van der Waals surface area contributed by atoms with E-state index >= 15 is 0 Å². The molecule has 0 spiro atoms. The third-order valence-electron chi connectivity index (χ3n) is 3.04. The summed E-state index contributed by atoms with van der Waals surface area (Å²) < 4.78 is 0. The van der Waals surface area contributed by atoms with Gasteiger partial charge in [0.2, 0.25) is 0 Å². The second kappa shape index (κ2) is 4.58. The number of non-ortho nitro benzene ring substituents is 1. The fourth-order valence-corrected chi connectivity index (χ4v) is 2.12. The number of nitro groups is 1. The minimum absolute atomic E-state index is 0.00690. The van der Waals surface area contributed by atoms with Crippen molar-refractivity contribution in [3.63, 3.8) is 0 Å². The molecule has 1 heterocycles. The van der Waals surface area contributed by atoms with Gasteiger partial charge in [0.05, 0.1) is 4.92 Å². The molecule has 1 atom stereocenters. The van der Waals surface area contributed by atoms with E-state index < -0.39 is 4.92 Å². The van der Waals surface area contributed by atoms with Gasteiger partial charge in [-0.2, -0.15) is 0 Å². The van der Waals surface area contributed by atoms with Crippen LogP contribution in [0, 0.1) is 16.0 Å². The van der Waals surface area contributed by atoms with Crippen molar-refractivity contribution in [1.29, 1.82) is 0 Å². The lowest BCUT2D eigenvalue weighted by Gasteiger charge is -2.18. The van der Waals surface area contributed by atoms with Crippen LogP contribution in [-0.4, -0.2) is 29.7 Å². The zero-order valence-electron chi connectivity index (χ0n) is 9.37. The third-order valence-corrected chi connectivity index (χ3v) is 3.04. The summed E-state index contributed by atoms with van der Waals surface area (Å²) in [5, 5.41) is 19.8. The van der Waals surface area contributed by atoms with Gasteiger partial charge in [0.15, 0.2) is 0 Å². The van der Waals surface area contributed by atoms with Gasteiger partial charge in [0.1, 0.15) is 0 Å². The topological polar surface area (TPSA) is 92.6 Å². The summed E-state index contributed by atoms with van der Waals surface area (Å²) in [6.07, 6.45) is 0.902. The summed E-state index contributed by atoms with van der Waals surface area (Å²) in [7, 11) is 0. The first-order valence-corrected chi connectivity index (χ1v) is 5.51. The van der Waals surface area contributed by atoms with E-state index in [1.54, 1.807) is 6.07 Å². The van der Waals surface area contributed by atoms with Gasteiger partial charge in [-0.1, -0.05) is 0 Å². The lowest BCUT2D eigenvalue weighted by Crippen LogP contribution is -2.20. The number of hydrogen-bond acceptors (Lipinski definition) is 5. The molecule has 1 aliphatic rings. The van der Waals surface area contributed by atoms with Gasteiger partial charge in [-0.25, -0.2) is 0 Å². The fraction of sp³-hybridized carbons (Fsp3) is 0.455. The van der Waals surface area contributed by atoms with Crippen molar-refractivity contribution in [3.8, 4) is 0 Å². The lowest BCUT2D eigenvalue weighted by molar-refractivity contribution is -0.384. The van der Waals surface area contributed by atoms with Crippen molar-refractivity contribution in [2.24, 2.45) is 5.92 Å². The number of hydrogen-bond donors (Lipinski definition) is 2. The molecule has 0 aliphatic carbocycles. The van der Waals surface area contributed by atoms with E-state index in [0.29, 0.717) is 5.69 Å². The van der Waals surface area contributed by atoms with Crippen LogP contribution in [0.15, 0.2) is 18.2 Å². The van der Waals surface area contributed by atoms with Gasteiger partial charge in [-0.3, -0.25) is 10.1 Å². The predicted octanol–water partition coefficient (Wildman–Crippen LogP) is 0.996. The van der Waals surface area contributed by atoms with Gasteiger partial charge in [-0.05, 0) is 12.5 Å². The summed E-state index contributed by atoms with van der Waals surface area (Å²) >= 11 is 0. The van der Waals surface area contributed by atoms with Crippen LogP contribution in [0.4, 0.5) is 17.1 Å². The van der Waals surface area contributed by atoms with E-state index in [1.807, 2.05) is 4.90 Å². The number of benzene rings is 1. The van der Waals surface area contributed by atoms with Crippen LogP contribution in [0.3, 0.4) is 0 Å². The summed E-state index contributed by atoms with van der Waals surface area (Å²) in [6, 6.07) is 4.60. The lowest BCUT2D eigenvalue weighted by atomic mass is 10.1. The number of nitrogens with zero attached hydrogens (tertiary/aromatic N) is 2. The highest BCUT2D eigenvalue weighted by Crippen LogP contribution is 2.29. The Balaban J connectivity index is 2.24. The number of anilines is 2. The molecule has 6 nitrogen and oxygen atoms in total. The minimum atomic E-state index is -0.445. The molecule has 1 fully saturated rings. The molecule has 1 aromatic carbocycles. The van der Waals surface area contributed by atoms with Crippen molar-refractivity contribution in [1.82, 2.24) is 0 Å². The van der Waals surface area contributed by atoms with Crippen LogP contribution in [0.5, 0.6) is 0 Å². The number of rotatable bonds is 3. The molecule has 0 radical (unpaired) electrons. The highest BCUT2D eigenvalue weighted by atomic mass is 16.6. The van der Waals surface area contributed by atoms with Gasteiger partial charge < -0.3 is 15.7 Å². The maximum atomic E-state index is 10.7. The minimum Gasteiger partial charge on any atom is -0.398 e. The zero-order chi connectivity index (χ0) is 12.4. The molecule has 92 valence electrons. The molecule has 6 heteroatoms. The molecule has 0 amide bonds. The average molecular weight is 237 g/mol. The molecule has 17 heavy (non-hydrogen) atoms. The second-order valence-corrected chi connectivity index (χ2v) is 4.32. The van der Waals surface area contributed by atoms with Crippen LogP contribution in [0.1, 0.15) is 6.42 Å². The van der Waals surface area contributed by atoms with Crippen LogP contribution >= 0.6 is 0 Å². The molecular weight excluding hydrogens is 222 g/mol. The molecule has 0 aromatic heterocycles. The van der Waals surface area contributed by atoms with Crippen LogP contribution in [-0.2, 0) is 0 Å². The van der Waals surface area contributed by atoms with Crippen molar-refractivity contribution in [3.05, 3.63) is 28.3 Å². The first-order valence-electron chi connectivity index (χ1n) is 5.51. The molecule has 3 N–H and O–H groups in total. The van der Waals surface area contributed by atoms with Crippen molar-refractivity contribution in [2.75, 3.05) is 30.3 Å². The Morgan fingerprint density at radius 1 is 1.53 bits per heavy atom. The average Bonchev–Trinajstić information content (AvgIpc) is 2.76. The maximum absolute atomic E-state index is 10.7. The maximum Gasteiger partial charge on any atom is 0.273 e. The normalized spacial score (nSPS) is 19.6. The molecule has 1 unspecified atom stereocenters. The largest absolute Gasteiger partial charge is 0.398 e. The first-order chi connectivity index (χ1) is 8.10. The Kier molecular flexibility index (Phi) is 3.14. The highest BCUT2D eigenvalue weighted by Gasteiger charge is 2.23. The zero-order valence-corrected chi connectivity index (χ0v) is 9.37. The Morgan fingerprint density at radius 3 is 2.88 bits per heavy atom. The predicted molar refractivity (Wildman–Crippen MR) is 64.9 cm³/mol. The summed E-state index contributed by atoms with van der Waals surface area (Å²) in [4.78, 5) is 12.3. The van der Waals surface area contributed by atoms with Crippen molar-refractivity contribution >= 4 is 17.1 Å². The molecule has 1 saturated heterocycles. The number of aliphatic hydroxyl groups is 1. The summed E-state index contributed by atoms with van der Waals surface area (Å²) in [5.74, 6) is 0.246. The highest BCUT2D eigenvalue weighted by molar-refractivity contribution is 5.63. The van der Waals surface area contributed by atoms with Crippen molar-refractivity contribution < 1.29 is 10.0 Å². The second-order valence-electron chi connectivity index (χ2n) is 4.32. The van der Waals surface area contributed by atoms with Gasteiger partial charge in [0.25, 0.3) is 5.69 Å². The molecule has 1 aromatic rings. The quantitative estimate of drug-likeness (QED) is 0.464. The van der Waals surface area contributed by atoms with Crippen LogP contribution in [0.2, 0.25) is 0 Å². The fourth-order valence-electron chi connectivity index (χ4n) is 2.12. The molecule has 0 bridgehead atoms. The van der Waals surface area contributed by atoms with E-state index in [-0.39, 0.29) is 18.2 Å². The van der Waals surface area contributed by atoms with E-state index in [0.717, 1.165) is 25.2 Å². The van der Waals surface area contributed by atoms with Gasteiger partial charge in [-0.15, -0.1) is 0 Å². The summed E-state index contributed by atoms with van der Waals surface area (Å²) in [5.41, 5.74) is 6.81. The Bertz CT molecular complexity index is 436. The number of nitrogens with two attached hydrogens (primary N) is 1. The summed E-state index contributed by atoms with van der Waals surface area (Å²) in [6.45, 7) is 1.67. The molecule has 2 rings (SSSR count). The smallest absolute Gasteiger partial charge is 0.273 e. The Morgan fingerprint density at radius 2 is 2.29 bits per heavy atom. The van der Waals surface area contributed by atoms with Crippen molar-refractivity contribution in [2.45, 2.75) is 6.42 Å². The van der Waals surface area contributed by atoms with Gasteiger partial charge in [0, 0.05) is 49.1 Å². The van der Waals surface area contributed by atoms with E-state index in [2.05, 4.69) is 0 Å². The number of nitrogen functional groups attached to an aromatic ring is 1. The van der Waals surface area contributed by atoms with E-state index in [1.165, 1.54) is 12.1 Å². The SMILES string of the molecule is Nc1cc(N2CCC(CO)C2)cc([N+](=O)[O-])c1. The van der Waals surface area contributed by atoms with Crippen LogP contribution < -0.4 is 10.6 Å². The standard InChI is InChI=1S/C11H15N3O3/c12-9-3-10(5-11(4-9)14(16)17)13-2-1-8(6-13)7-15/h3-5,8,15H,1-2,6-7,12H2. The van der Waals surface area contributed by atoms with E-state index in [4.69, 9.17) is 10.8 Å². The van der Waals surface area contributed by atoms with Crippen LogP contribution in [0.25, 0.3) is 0 Å². The molecule has 0 saturated carbocycles. The monoisotopic (exact) mass is 237 g/mol. The number of nitro benzene ring substituents is 1. The Labute approximate surface area is 98.8 Å².